The van der Waals surface area contributed by atoms with Gasteiger partial charge in [0.1, 0.15) is 5.76 Å². The van der Waals surface area contributed by atoms with Crippen LogP contribution in [0.1, 0.15) is 41.5 Å². The van der Waals surface area contributed by atoms with Gasteiger partial charge in [-0.3, -0.25) is 9.78 Å². The third-order valence-corrected chi connectivity index (χ3v) is 4.36. The number of pyridine rings is 1. The molecule has 0 saturated carbocycles. The molecule has 0 aliphatic heterocycles. The summed E-state index contributed by atoms with van der Waals surface area (Å²) in [5.74, 6) is 0.104. The van der Waals surface area contributed by atoms with Crippen LogP contribution in [0.4, 0.5) is 0 Å². The number of aromatic nitrogens is 1. The standard InChI is InChI=1S/C15H10N.C11H20O2.Ir/c1-2-6-12(7-3-1)15-11-10-13-8-4-5-9-14(13)16-15;1-10(2,3)8(12)7-9(13)11(4,5)6;/h1-6,8-11H;7,12H,1-6H3;/q-1;;. The quantitative estimate of drug-likeness (QED) is 0.206. The van der Waals surface area contributed by atoms with Crippen molar-refractivity contribution in [1.29, 1.82) is 0 Å². The minimum Gasteiger partial charge on any atom is -0.512 e. The van der Waals surface area contributed by atoms with Gasteiger partial charge in [-0.05, 0) is 17.1 Å². The second-order valence-corrected chi connectivity index (χ2v) is 9.06. The molecule has 1 N–H and O–H groups in total. The molecule has 0 fully saturated rings. The van der Waals surface area contributed by atoms with Gasteiger partial charge in [-0.2, -0.15) is 0 Å². The van der Waals surface area contributed by atoms with E-state index in [9.17, 15) is 9.90 Å². The Morgan fingerprint density at radius 2 is 1.53 bits per heavy atom. The molecule has 3 nitrogen and oxygen atoms in total. The van der Waals surface area contributed by atoms with Crippen molar-refractivity contribution in [3.63, 3.8) is 0 Å². The van der Waals surface area contributed by atoms with Gasteiger partial charge < -0.3 is 5.11 Å². The first-order valence-electron chi connectivity index (χ1n) is 9.77. The maximum Gasteiger partial charge on any atom is 0.164 e. The number of aliphatic hydroxyl groups excluding tert-OH is 1. The molecule has 3 rings (SSSR count). The van der Waals surface area contributed by atoms with Gasteiger partial charge in [0.15, 0.2) is 5.78 Å². The number of fused-ring (bicyclic) bond motifs is 1. The normalized spacial score (nSPS) is 11.9. The maximum absolute atomic E-state index is 11.5. The molecule has 0 unspecified atom stereocenters. The molecule has 2 aromatic carbocycles. The van der Waals surface area contributed by atoms with Crippen molar-refractivity contribution < 1.29 is 30.0 Å². The summed E-state index contributed by atoms with van der Waals surface area (Å²) >= 11 is 0. The molecule has 0 bridgehead atoms. The van der Waals surface area contributed by atoms with Crippen LogP contribution in [-0.2, 0) is 24.9 Å². The van der Waals surface area contributed by atoms with E-state index in [2.05, 4.69) is 23.2 Å². The van der Waals surface area contributed by atoms with Gasteiger partial charge in [-0.15, -0.1) is 35.9 Å². The fourth-order valence-electron chi connectivity index (χ4n) is 2.33. The Kier molecular flexibility index (Phi) is 9.14. The van der Waals surface area contributed by atoms with E-state index in [0.717, 1.165) is 16.8 Å². The minimum atomic E-state index is -0.417. The van der Waals surface area contributed by atoms with Gasteiger partial charge in [0.25, 0.3) is 0 Å². The Hall–Kier alpha value is -2.29. The van der Waals surface area contributed by atoms with Crippen LogP contribution < -0.4 is 0 Å². The van der Waals surface area contributed by atoms with Crippen LogP contribution in [0, 0.1) is 16.9 Å². The largest absolute Gasteiger partial charge is 0.512 e. The van der Waals surface area contributed by atoms with Gasteiger partial charge in [0, 0.05) is 37.0 Å². The molecule has 0 spiro atoms. The van der Waals surface area contributed by atoms with E-state index in [4.69, 9.17) is 0 Å². The molecule has 0 aliphatic carbocycles. The third-order valence-electron chi connectivity index (χ3n) is 4.36. The van der Waals surface area contributed by atoms with Crippen molar-refractivity contribution in [2.45, 2.75) is 41.5 Å². The van der Waals surface area contributed by atoms with Gasteiger partial charge in [0.05, 0.1) is 5.52 Å². The molecular formula is C26H30IrNO2-. The predicted octanol–water partition coefficient (Wildman–Crippen LogP) is 6.79. The number of hydrogen-bond donors (Lipinski definition) is 1. The fourth-order valence-corrected chi connectivity index (χ4v) is 2.33. The second kappa shape index (κ2) is 10.7. The SMILES string of the molecule is CC(C)(C)C(=O)C=C(O)C(C)(C)C.[Ir].[c-]1ccccc1-c1ccc2ccccc2n1. The Morgan fingerprint density at radius 1 is 0.900 bits per heavy atom. The average molecular weight is 581 g/mol. The third kappa shape index (κ3) is 7.51. The molecule has 0 amide bonds. The zero-order valence-electron chi connectivity index (χ0n) is 18.5. The van der Waals surface area contributed by atoms with E-state index in [0.29, 0.717) is 0 Å². The van der Waals surface area contributed by atoms with Crippen molar-refractivity contribution in [2.75, 3.05) is 0 Å². The molecule has 4 heteroatoms. The number of hydrogen-bond acceptors (Lipinski definition) is 3. The van der Waals surface area contributed by atoms with Crippen LogP contribution in [0.2, 0.25) is 0 Å². The van der Waals surface area contributed by atoms with Crippen molar-refractivity contribution in [2.24, 2.45) is 10.8 Å². The molecule has 1 heterocycles. The average Bonchev–Trinajstić information content (AvgIpc) is 2.67. The zero-order valence-corrected chi connectivity index (χ0v) is 20.9. The molecule has 1 radical (unpaired) electrons. The van der Waals surface area contributed by atoms with Gasteiger partial charge in [0.2, 0.25) is 0 Å². The molecule has 0 saturated heterocycles. The molecule has 3 aromatic rings. The maximum atomic E-state index is 11.5. The predicted molar refractivity (Wildman–Crippen MR) is 121 cm³/mol. The van der Waals surface area contributed by atoms with Crippen LogP contribution in [0.15, 0.2) is 72.5 Å². The van der Waals surface area contributed by atoms with Crippen LogP contribution in [-0.4, -0.2) is 15.9 Å². The first kappa shape index (κ1) is 25.7. The van der Waals surface area contributed by atoms with E-state index < -0.39 is 5.41 Å². The number of allylic oxidation sites excluding steroid dienone is 2. The number of ketones is 1. The smallest absolute Gasteiger partial charge is 0.164 e. The first-order valence-corrected chi connectivity index (χ1v) is 9.77. The zero-order chi connectivity index (χ0) is 21.7. The Balaban J connectivity index is 0.000000299. The Morgan fingerprint density at radius 3 is 2.10 bits per heavy atom. The molecular weight excluding hydrogens is 551 g/mol. The van der Waals surface area contributed by atoms with E-state index >= 15 is 0 Å². The number of nitrogens with zero attached hydrogens (tertiary/aromatic N) is 1. The monoisotopic (exact) mass is 581 g/mol. The van der Waals surface area contributed by atoms with Crippen molar-refractivity contribution in [1.82, 2.24) is 4.98 Å². The summed E-state index contributed by atoms with van der Waals surface area (Å²) in [6, 6.07) is 23.4. The van der Waals surface area contributed by atoms with Gasteiger partial charge >= 0.3 is 0 Å². The topological polar surface area (TPSA) is 50.2 Å². The summed E-state index contributed by atoms with van der Waals surface area (Å²) in [6.07, 6.45) is 1.33. The van der Waals surface area contributed by atoms with Crippen LogP contribution in [0.5, 0.6) is 0 Å². The Labute approximate surface area is 193 Å². The summed E-state index contributed by atoms with van der Waals surface area (Å²) in [7, 11) is 0. The van der Waals surface area contributed by atoms with Crippen LogP contribution >= 0.6 is 0 Å². The molecule has 1 aromatic heterocycles. The number of carbonyl (C=O) groups excluding carboxylic acids is 1. The number of aliphatic hydroxyl groups is 1. The second-order valence-electron chi connectivity index (χ2n) is 9.06. The summed E-state index contributed by atoms with van der Waals surface area (Å²) < 4.78 is 0. The number of para-hydroxylation sites is 1. The van der Waals surface area contributed by atoms with E-state index in [1.165, 1.54) is 11.5 Å². The summed E-state index contributed by atoms with van der Waals surface area (Å²) in [5, 5.41) is 10.7. The molecule has 0 aliphatic rings. The number of carbonyl (C=O) groups is 1. The summed E-state index contributed by atoms with van der Waals surface area (Å²) in [5.41, 5.74) is 2.27. The van der Waals surface area contributed by atoms with E-state index in [1.54, 1.807) is 0 Å². The van der Waals surface area contributed by atoms with E-state index in [-0.39, 0.29) is 37.1 Å². The molecule has 0 atom stereocenters. The van der Waals surface area contributed by atoms with Crippen LogP contribution in [0.3, 0.4) is 0 Å². The van der Waals surface area contributed by atoms with Crippen molar-refractivity contribution >= 4 is 16.7 Å². The molecule has 30 heavy (non-hydrogen) atoms. The number of rotatable bonds is 2. The Bertz CT molecular complexity index is 997. The van der Waals surface area contributed by atoms with E-state index in [1.807, 2.05) is 90.1 Å². The van der Waals surface area contributed by atoms with Gasteiger partial charge in [-0.1, -0.05) is 71.9 Å². The first-order chi connectivity index (χ1) is 13.5. The summed E-state index contributed by atoms with van der Waals surface area (Å²) in [4.78, 5) is 16.1. The minimum absolute atomic E-state index is 0. The van der Waals surface area contributed by atoms with Gasteiger partial charge in [-0.25, -0.2) is 0 Å². The van der Waals surface area contributed by atoms with Crippen molar-refractivity contribution in [3.05, 3.63) is 78.6 Å². The summed E-state index contributed by atoms with van der Waals surface area (Å²) in [6.45, 7) is 11.1. The van der Waals surface area contributed by atoms with Crippen molar-refractivity contribution in [3.8, 4) is 11.3 Å². The number of benzene rings is 2. The fraction of sp³-hybridized carbons (Fsp3) is 0.308. The van der Waals surface area contributed by atoms with Crippen LogP contribution in [0.25, 0.3) is 22.2 Å². The molecule has 161 valence electrons.